The van der Waals surface area contributed by atoms with E-state index in [1.54, 1.807) is 32.2 Å². The van der Waals surface area contributed by atoms with E-state index in [4.69, 9.17) is 26.4 Å². The van der Waals surface area contributed by atoms with Crippen molar-refractivity contribution in [1.29, 1.82) is 0 Å². The zero-order valence-corrected chi connectivity index (χ0v) is 16.7. The minimum absolute atomic E-state index is 0.317. The zero-order chi connectivity index (χ0) is 19.3. The molecule has 0 saturated carbocycles. The summed E-state index contributed by atoms with van der Waals surface area (Å²) in [4.78, 5) is 26.1. The van der Waals surface area contributed by atoms with Crippen molar-refractivity contribution in [3.05, 3.63) is 28.7 Å². The number of esters is 1. The van der Waals surface area contributed by atoms with E-state index in [-0.39, 0.29) is 5.91 Å². The summed E-state index contributed by atoms with van der Waals surface area (Å²) < 4.78 is 16.0. The molecule has 26 heavy (non-hydrogen) atoms. The Morgan fingerprint density at radius 1 is 1.35 bits per heavy atom. The van der Waals surface area contributed by atoms with Crippen LogP contribution in [0.1, 0.15) is 25.8 Å². The summed E-state index contributed by atoms with van der Waals surface area (Å²) in [5, 5.41) is 0. The maximum atomic E-state index is 12.6. The predicted octanol–water partition coefficient (Wildman–Crippen LogP) is 3.25. The molecule has 1 atom stereocenters. The maximum absolute atomic E-state index is 12.6. The number of benzene rings is 1. The van der Waals surface area contributed by atoms with E-state index in [9.17, 15) is 9.59 Å². The summed E-state index contributed by atoms with van der Waals surface area (Å²) >= 11 is 6.40. The van der Waals surface area contributed by atoms with Gasteiger partial charge >= 0.3 is 5.97 Å². The van der Waals surface area contributed by atoms with Gasteiger partial charge in [0.2, 0.25) is 0 Å². The highest BCUT2D eigenvalue weighted by molar-refractivity contribution is 8.26. The van der Waals surface area contributed by atoms with Crippen LogP contribution < -0.4 is 9.47 Å². The van der Waals surface area contributed by atoms with Crippen molar-refractivity contribution in [3.8, 4) is 11.5 Å². The number of methoxy groups -OCH3 is 2. The van der Waals surface area contributed by atoms with Gasteiger partial charge in [0.05, 0.1) is 25.7 Å². The molecule has 1 aromatic rings. The Hall–Kier alpha value is -2.06. The molecule has 1 heterocycles. The smallest absolute Gasteiger partial charge is 0.328 e. The highest BCUT2D eigenvalue weighted by Crippen LogP contribution is 2.35. The molecule has 6 nitrogen and oxygen atoms in total. The average molecular weight is 396 g/mol. The fourth-order valence-electron chi connectivity index (χ4n) is 2.35. The molecule has 2 rings (SSSR count). The Morgan fingerprint density at radius 3 is 2.69 bits per heavy atom. The van der Waals surface area contributed by atoms with Crippen LogP contribution in [-0.4, -0.2) is 48.0 Å². The Labute approximate surface area is 162 Å². The van der Waals surface area contributed by atoms with Crippen LogP contribution in [0.3, 0.4) is 0 Å². The molecule has 0 unspecified atom stereocenters. The molecular formula is C18H21NO5S2. The molecule has 0 radical (unpaired) electrons. The number of thiocarbonyl (C=S) groups is 1. The lowest BCUT2D eigenvalue weighted by Gasteiger charge is -2.20. The third-order valence-corrected chi connectivity index (χ3v) is 5.03. The lowest BCUT2D eigenvalue weighted by Crippen LogP contribution is -2.42. The molecule has 0 bridgehead atoms. The van der Waals surface area contributed by atoms with Gasteiger partial charge in [0.15, 0.2) is 11.5 Å². The fraction of sp³-hybridized carbons (Fsp3) is 0.389. The largest absolute Gasteiger partial charge is 0.493 e. The van der Waals surface area contributed by atoms with E-state index >= 15 is 0 Å². The summed E-state index contributed by atoms with van der Waals surface area (Å²) in [5.41, 5.74) is 0.775. The zero-order valence-electron chi connectivity index (χ0n) is 15.1. The number of carbonyl (C=O) groups is 2. The van der Waals surface area contributed by atoms with Crippen molar-refractivity contribution in [2.24, 2.45) is 0 Å². The highest BCUT2D eigenvalue weighted by Gasteiger charge is 2.38. The van der Waals surface area contributed by atoms with E-state index < -0.39 is 12.0 Å². The first kappa shape index (κ1) is 20.3. The second-order valence-electron chi connectivity index (χ2n) is 5.51. The Bertz CT molecular complexity index is 747. The predicted molar refractivity (Wildman–Crippen MR) is 105 cm³/mol. The van der Waals surface area contributed by atoms with Crippen molar-refractivity contribution >= 4 is 46.3 Å². The molecule has 8 heteroatoms. The second-order valence-corrected chi connectivity index (χ2v) is 7.19. The molecule has 1 aliphatic rings. The van der Waals surface area contributed by atoms with Crippen LogP contribution in [0, 0.1) is 0 Å². The van der Waals surface area contributed by atoms with Gasteiger partial charge in [-0.15, -0.1) is 0 Å². The molecule has 1 fully saturated rings. The standard InChI is InChI=1S/C18H21NO5S2/c1-5-8-24-13-7-6-12(9-14(13)22-3)10-15-16(20)19(18(25)26-15)11(2)17(21)23-4/h6-7,9-11H,5,8H2,1-4H3/b15-10+/t11-/m1/s1. The first-order chi connectivity index (χ1) is 12.4. The van der Waals surface area contributed by atoms with Gasteiger partial charge in [0.25, 0.3) is 5.91 Å². The Balaban J connectivity index is 2.26. The summed E-state index contributed by atoms with van der Waals surface area (Å²) in [6.07, 6.45) is 2.61. The van der Waals surface area contributed by atoms with E-state index in [1.807, 2.05) is 13.0 Å². The minimum atomic E-state index is -0.766. The second kappa shape index (κ2) is 9.05. The van der Waals surface area contributed by atoms with Gasteiger partial charge in [0, 0.05) is 0 Å². The van der Waals surface area contributed by atoms with Crippen molar-refractivity contribution in [2.75, 3.05) is 20.8 Å². The van der Waals surface area contributed by atoms with E-state index in [1.165, 1.54) is 12.0 Å². The summed E-state index contributed by atoms with van der Waals surface area (Å²) in [5.74, 6) is 0.411. The fourth-order valence-corrected chi connectivity index (χ4v) is 3.76. The van der Waals surface area contributed by atoms with Crippen LogP contribution in [0.5, 0.6) is 11.5 Å². The molecule has 1 saturated heterocycles. The van der Waals surface area contributed by atoms with Gasteiger partial charge < -0.3 is 14.2 Å². The Kier molecular flexibility index (Phi) is 7.05. The minimum Gasteiger partial charge on any atom is -0.493 e. The SMILES string of the molecule is CCCOc1ccc(/C=C2/SC(=S)N([C@H](C)C(=O)OC)C2=O)cc1OC. The quantitative estimate of drug-likeness (QED) is 0.399. The van der Waals surface area contributed by atoms with Crippen molar-refractivity contribution in [1.82, 2.24) is 4.90 Å². The number of hydrogen-bond donors (Lipinski definition) is 0. The first-order valence-corrected chi connectivity index (χ1v) is 9.31. The van der Waals surface area contributed by atoms with Gasteiger partial charge in [0.1, 0.15) is 10.4 Å². The lowest BCUT2D eigenvalue weighted by atomic mass is 10.1. The van der Waals surface area contributed by atoms with Crippen molar-refractivity contribution in [3.63, 3.8) is 0 Å². The molecule has 0 spiro atoms. The van der Waals surface area contributed by atoms with E-state index in [2.05, 4.69) is 0 Å². The first-order valence-electron chi connectivity index (χ1n) is 8.08. The number of ether oxygens (including phenoxy) is 3. The molecule has 1 aromatic carbocycles. The van der Waals surface area contributed by atoms with Gasteiger partial charge in [-0.25, -0.2) is 4.79 Å². The molecule has 1 amide bonds. The number of nitrogens with zero attached hydrogens (tertiary/aromatic N) is 1. The van der Waals surface area contributed by atoms with Crippen LogP contribution in [0.25, 0.3) is 6.08 Å². The average Bonchev–Trinajstić information content (AvgIpc) is 2.92. The van der Waals surface area contributed by atoms with Crippen LogP contribution in [0.2, 0.25) is 0 Å². The number of hydrogen-bond acceptors (Lipinski definition) is 7. The molecular weight excluding hydrogens is 374 g/mol. The van der Waals surface area contributed by atoms with Gasteiger partial charge in [-0.2, -0.15) is 0 Å². The molecule has 0 N–H and O–H groups in total. The van der Waals surface area contributed by atoms with E-state index in [0.29, 0.717) is 27.3 Å². The lowest BCUT2D eigenvalue weighted by molar-refractivity contribution is -0.147. The molecule has 1 aliphatic heterocycles. The summed E-state index contributed by atoms with van der Waals surface area (Å²) in [6, 6.07) is 4.67. The van der Waals surface area contributed by atoms with Crippen LogP contribution in [-0.2, 0) is 14.3 Å². The number of thioether (sulfide) groups is 1. The van der Waals surface area contributed by atoms with Gasteiger partial charge in [-0.05, 0) is 37.1 Å². The number of amides is 1. The third-order valence-electron chi connectivity index (χ3n) is 3.70. The van der Waals surface area contributed by atoms with Crippen molar-refractivity contribution < 1.29 is 23.8 Å². The molecule has 0 aromatic heterocycles. The highest BCUT2D eigenvalue weighted by atomic mass is 32.2. The maximum Gasteiger partial charge on any atom is 0.328 e. The normalized spacial score (nSPS) is 16.8. The number of carbonyl (C=O) groups excluding carboxylic acids is 2. The van der Waals surface area contributed by atoms with Crippen LogP contribution in [0.4, 0.5) is 0 Å². The van der Waals surface area contributed by atoms with Gasteiger partial charge in [-0.3, -0.25) is 9.69 Å². The monoisotopic (exact) mass is 395 g/mol. The third kappa shape index (κ3) is 4.37. The number of rotatable bonds is 7. The topological polar surface area (TPSA) is 65.1 Å². The summed E-state index contributed by atoms with van der Waals surface area (Å²) in [6.45, 7) is 4.21. The molecule has 0 aliphatic carbocycles. The molecule has 140 valence electrons. The van der Waals surface area contributed by atoms with E-state index in [0.717, 1.165) is 23.7 Å². The van der Waals surface area contributed by atoms with Gasteiger partial charge in [-0.1, -0.05) is 37.0 Å². The van der Waals surface area contributed by atoms with Crippen LogP contribution in [0.15, 0.2) is 23.1 Å². The van der Waals surface area contributed by atoms with Crippen LogP contribution >= 0.6 is 24.0 Å². The van der Waals surface area contributed by atoms with Crippen molar-refractivity contribution in [2.45, 2.75) is 26.3 Å². The summed E-state index contributed by atoms with van der Waals surface area (Å²) in [7, 11) is 2.84. The Morgan fingerprint density at radius 2 is 2.08 bits per heavy atom.